The SMILES string of the molecule is CC(C)(C)OC(=O)N1CCCC(Nc2nc(Nc3cc(Cl)cc(Cl)c3)nc3ccccc23)C1. The Kier molecular flexibility index (Phi) is 6.81. The van der Waals surface area contributed by atoms with Crippen LogP contribution in [-0.2, 0) is 4.74 Å². The van der Waals surface area contributed by atoms with E-state index in [9.17, 15) is 4.79 Å². The van der Waals surface area contributed by atoms with E-state index in [0.29, 0.717) is 40.6 Å². The summed E-state index contributed by atoms with van der Waals surface area (Å²) in [6, 6.07) is 13.0. The number of aromatic nitrogens is 2. The molecule has 2 heterocycles. The van der Waals surface area contributed by atoms with Crippen molar-refractivity contribution in [2.24, 2.45) is 0 Å². The van der Waals surface area contributed by atoms with Gasteiger partial charge in [0, 0.05) is 40.3 Å². The average Bonchev–Trinajstić information content (AvgIpc) is 2.72. The van der Waals surface area contributed by atoms with Crippen LogP contribution in [0.3, 0.4) is 0 Å². The number of fused-ring (bicyclic) bond motifs is 1. The molecule has 0 radical (unpaired) electrons. The van der Waals surface area contributed by atoms with E-state index in [1.165, 1.54) is 0 Å². The summed E-state index contributed by atoms with van der Waals surface area (Å²) >= 11 is 12.3. The number of carbonyl (C=O) groups excluding carboxylic acids is 1. The van der Waals surface area contributed by atoms with E-state index < -0.39 is 5.60 Å². The Labute approximate surface area is 203 Å². The maximum absolute atomic E-state index is 12.6. The highest BCUT2D eigenvalue weighted by molar-refractivity contribution is 6.35. The number of amides is 1. The number of anilines is 3. The van der Waals surface area contributed by atoms with Gasteiger partial charge in [-0.2, -0.15) is 4.98 Å². The van der Waals surface area contributed by atoms with Gasteiger partial charge < -0.3 is 20.3 Å². The quantitative estimate of drug-likeness (QED) is 0.437. The summed E-state index contributed by atoms with van der Waals surface area (Å²) < 4.78 is 5.55. The van der Waals surface area contributed by atoms with Gasteiger partial charge in [-0.1, -0.05) is 35.3 Å². The Hall–Kier alpha value is -2.77. The van der Waals surface area contributed by atoms with Crippen molar-refractivity contribution in [1.29, 1.82) is 0 Å². The van der Waals surface area contributed by atoms with Crippen LogP contribution in [0.5, 0.6) is 0 Å². The first-order valence-electron chi connectivity index (χ1n) is 10.9. The summed E-state index contributed by atoms with van der Waals surface area (Å²) in [5.74, 6) is 1.13. The van der Waals surface area contributed by atoms with Gasteiger partial charge in [-0.05, 0) is 63.9 Å². The van der Waals surface area contributed by atoms with Gasteiger partial charge in [0.15, 0.2) is 0 Å². The highest BCUT2D eigenvalue weighted by Crippen LogP contribution is 2.28. The van der Waals surface area contributed by atoms with Gasteiger partial charge in [0.25, 0.3) is 0 Å². The number of benzene rings is 2. The lowest BCUT2D eigenvalue weighted by molar-refractivity contribution is 0.0206. The van der Waals surface area contributed by atoms with Crippen molar-refractivity contribution in [1.82, 2.24) is 14.9 Å². The van der Waals surface area contributed by atoms with Crippen molar-refractivity contribution in [2.75, 3.05) is 23.7 Å². The molecule has 0 spiro atoms. The van der Waals surface area contributed by atoms with Crippen molar-refractivity contribution in [3.05, 3.63) is 52.5 Å². The number of piperidine rings is 1. The predicted octanol–water partition coefficient (Wildman–Crippen LogP) is 6.49. The van der Waals surface area contributed by atoms with Crippen LogP contribution in [0.2, 0.25) is 10.0 Å². The largest absolute Gasteiger partial charge is 0.444 e. The fraction of sp³-hybridized carbons (Fsp3) is 0.375. The molecule has 1 aromatic heterocycles. The maximum atomic E-state index is 12.6. The standard InChI is InChI=1S/C24H27Cl2N5O2/c1-24(2,3)33-23(32)31-10-6-7-17(14-31)27-21-19-8-4-5-9-20(19)29-22(30-21)28-18-12-15(25)11-16(26)13-18/h4-5,8-9,11-13,17H,6-7,10,14H2,1-3H3,(H2,27,28,29,30). The molecule has 0 saturated carbocycles. The van der Waals surface area contributed by atoms with Crippen LogP contribution in [0, 0.1) is 0 Å². The van der Waals surface area contributed by atoms with Crippen LogP contribution in [0.4, 0.5) is 22.2 Å². The molecule has 33 heavy (non-hydrogen) atoms. The molecule has 2 N–H and O–H groups in total. The molecule has 7 nitrogen and oxygen atoms in total. The van der Waals surface area contributed by atoms with E-state index in [-0.39, 0.29) is 12.1 Å². The number of rotatable bonds is 4. The third-order valence-electron chi connectivity index (χ3n) is 5.14. The number of likely N-dealkylation sites (tertiary alicyclic amines) is 1. The molecule has 1 saturated heterocycles. The number of ether oxygens (including phenoxy) is 1. The second-order valence-electron chi connectivity index (χ2n) is 9.11. The molecule has 2 aromatic carbocycles. The van der Waals surface area contributed by atoms with Crippen molar-refractivity contribution in [3.8, 4) is 0 Å². The van der Waals surface area contributed by atoms with Crippen molar-refractivity contribution < 1.29 is 9.53 Å². The predicted molar refractivity (Wildman–Crippen MR) is 134 cm³/mol. The van der Waals surface area contributed by atoms with Crippen molar-refractivity contribution >= 4 is 57.7 Å². The minimum atomic E-state index is -0.524. The number of nitrogens with one attached hydrogen (secondary N) is 2. The van der Waals surface area contributed by atoms with Crippen LogP contribution >= 0.6 is 23.2 Å². The topological polar surface area (TPSA) is 79.4 Å². The molecule has 1 amide bonds. The minimum absolute atomic E-state index is 0.0399. The lowest BCUT2D eigenvalue weighted by atomic mass is 10.1. The van der Waals surface area contributed by atoms with Crippen LogP contribution < -0.4 is 10.6 Å². The number of halogens is 2. The number of hydrogen-bond donors (Lipinski definition) is 2. The van der Waals surface area contributed by atoms with Gasteiger partial charge >= 0.3 is 6.09 Å². The molecule has 1 aliphatic rings. The van der Waals surface area contributed by atoms with E-state index in [4.69, 9.17) is 32.9 Å². The van der Waals surface area contributed by atoms with E-state index in [2.05, 4.69) is 15.6 Å². The van der Waals surface area contributed by atoms with E-state index >= 15 is 0 Å². The minimum Gasteiger partial charge on any atom is -0.444 e. The van der Waals surface area contributed by atoms with Crippen LogP contribution in [-0.4, -0.2) is 45.7 Å². The lowest BCUT2D eigenvalue weighted by Gasteiger charge is -2.34. The molecular weight excluding hydrogens is 461 g/mol. The number of para-hydroxylation sites is 1. The van der Waals surface area contributed by atoms with E-state index in [0.717, 1.165) is 23.7 Å². The summed E-state index contributed by atoms with van der Waals surface area (Å²) in [5.41, 5.74) is 0.970. The van der Waals surface area contributed by atoms with Gasteiger partial charge in [0.2, 0.25) is 5.95 Å². The summed E-state index contributed by atoms with van der Waals surface area (Å²) in [7, 11) is 0. The smallest absolute Gasteiger partial charge is 0.410 e. The summed E-state index contributed by atoms with van der Waals surface area (Å²) in [6.07, 6.45) is 1.51. The molecule has 174 valence electrons. The van der Waals surface area contributed by atoms with Crippen LogP contribution in [0.1, 0.15) is 33.6 Å². The Morgan fingerprint density at radius 1 is 1.12 bits per heavy atom. The molecule has 9 heteroatoms. The van der Waals surface area contributed by atoms with Crippen molar-refractivity contribution in [2.45, 2.75) is 45.3 Å². The summed E-state index contributed by atoms with van der Waals surface area (Å²) in [5, 5.41) is 8.67. The second-order valence-corrected chi connectivity index (χ2v) is 9.98. The third kappa shape index (κ3) is 6.18. The Morgan fingerprint density at radius 3 is 2.58 bits per heavy atom. The fourth-order valence-electron chi connectivity index (χ4n) is 3.78. The molecule has 0 aliphatic carbocycles. The summed E-state index contributed by atoms with van der Waals surface area (Å²) in [6.45, 7) is 6.84. The first-order valence-corrected chi connectivity index (χ1v) is 11.7. The first-order chi connectivity index (χ1) is 15.7. The van der Waals surface area contributed by atoms with Gasteiger partial charge in [0.05, 0.1) is 5.52 Å². The fourth-order valence-corrected chi connectivity index (χ4v) is 4.30. The third-order valence-corrected chi connectivity index (χ3v) is 5.57. The Morgan fingerprint density at radius 2 is 1.85 bits per heavy atom. The van der Waals surface area contributed by atoms with E-state index in [1.54, 1.807) is 23.1 Å². The molecule has 3 aromatic rings. The normalized spacial score (nSPS) is 16.5. The molecular formula is C24H27Cl2N5O2. The van der Waals surface area contributed by atoms with Gasteiger partial charge in [-0.25, -0.2) is 9.78 Å². The van der Waals surface area contributed by atoms with Gasteiger partial charge in [0.1, 0.15) is 11.4 Å². The zero-order chi connectivity index (χ0) is 23.6. The van der Waals surface area contributed by atoms with Crippen LogP contribution in [0.25, 0.3) is 10.9 Å². The molecule has 1 aliphatic heterocycles. The Balaban J connectivity index is 1.57. The number of hydrogen-bond acceptors (Lipinski definition) is 6. The molecule has 1 unspecified atom stereocenters. The van der Waals surface area contributed by atoms with Gasteiger partial charge in [-0.15, -0.1) is 0 Å². The maximum Gasteiger partial charge on any atom is 0.410 e. The highest BCUT2D eigenvalue weighted by Gasteiger charge is 2.28. The lowest BCUT2D eigenvalue weighted by Crippen LogP contribution is -2.47. The Bertz CT molecular complexity index is 1150. The second kappa shape index (κ2) is 9.61. The van der Waals surface area contributed by atoms with Crippen molar-refractivity contribution in [3.63, 3.8) is 0 Å². The number of nitrogens with zero attached hydrogens (tertiary/aromatic N) is 3. The molecule has 1 atom stereocenters. The zero-order valence-corrected chi connectivity index (χ0v) is 20.4. The van der Waals surface area contributed by atoms with E-state index in [1.807, 2.05) is 45.0 Å². The average molecular weight is 488 g/mol. The van der Waals surface area contributed by atoms with Gasteiger partial charge in [-0.3, -0.25) is 0 Å². The summed E-state index contributed by atoms with van der Waals surface area (Å²) in [4.78, 5) is 23.7. The molecule has 0 bridgehead atoms. The molecule has 4 rings (SSSR count). The highest BCUT2D eigenvalue weighted by atomic mass is 35.5. The van der Waals surface area contributed by atoms with Crippen LogP contribution in [0.15, 0.2) is 42.5 Å². The monoisotopic (exact) mass is 487 g/mol. The molecule has 1 fully saturated rings. The first kappa shape index (κ1) is 23.4. The zero-order valence-electron chi connectivity index (χ0n) is 18.9. The number of carbonyl (C=O) groups is 1.